The summed E-state index contributed by atoms with van der Waals surface area (Å²) >= 11 is 1.84. The fraction of sp³-hybridized carbons (Fsp3) is 0.389. The van der Waals surface area contributed by atoms with Crippen LogP contribution in [0.4, 0.5) is 11.4 Å². The molecular formula is C18H24N3S+. The fourth-order valence-corrected chi connectivity index (χ4v) is 4.14. The maximum atomic E-state index is 6.41. The molecule has 0 aromatic heterocycles. The molecular weight excluding hydrogens is 290 g/mol. The number of hydrazone groups is 1. The second-order valence-corrected chi connectivity index (χ2v) is 6.71. The molecule has 1 aromatic rings. The van der Waals surface area contributed by atoms with Crippen molar-refractivity contribution >= 4 is 28.8 Å². The molecule has 2 N–H and O–H groups in total. The number of hydrogen-bond acceptors (Lipinski definition) is 3. The van der Waals surface area contributed by atoms with Crippen molar-refractivity contribution in [2.24, 2.45) is 5.84 Å². The molecule has 0 atom stereocenters. The lowest BCUT2D eigenvalue weighted by molar-refractivity contribution is -0.455. The first-order valence-electron chi connectivity index (χ1n) is 8.05. The highest BCUT2D eigenvalue weighted by Gasteiger charge is 2.32. The van der Waals surface area contributed by atoms with Gasteiger partial charge in [0.2, 0.25) is 11.4 Å². The Morgan fingerprint density at radius 2 is 1.95 bits per heavy atom. The van der Waals surface area contributed by atoms with E-state index in [1.807, 2.05) is 16.4 Å². The molecule has 22 heavy (non-hydrogen) atoms. The Hall–Kier alpha value is -1.68. The number of nitrogens with two attached hydrogens (primary N) is 1. The van der Waals surface area contributed by atoms with Crippen LogP contribution in [0.3, 0.4) is 0 Å². The first-order valence-corrected chi connectivity index (χ1v) is 8.87. The monoisotopic (exact) mass is 314 g/mol. The molecule has 0 fully saturated rings. The lowest BCUT2D eigenvalue weighted by Crippen LogP contribution is -2.29. The molecule has 1 heterocycles. The van der Waals surface area contributed by atoms with Gasteiger partial charge in [0.15, 0.2) is 0 Å². The molecule has 3 rings (SSSR count). The fourth-order valence-electron chi connectivity index (χ4n) is 3.02. The number of hydrazine groups is 1. The Balaban J connectivity index is 2.02. The summed E-state index contributed by atoms with van der Waals surface area (Å²) in [6, 6.07) is 6.61. The van der Waals surface area contributed by atoms with E-state index in [1.165, 1.54) is 26.8 Å². The van der Waals surface area contributed by atoms with Gasteiger partial charge in [0.1, 0.15) is 0 Å². The summed E-state index contributed by atoms with van der Waals surface area (Å²) in [7, 11) is 0. The lowest BCUT2D eigenvalue weighted by atomic mass is 10.0. The number of nitrogens with zero attached hydrogens (tertiary/aromatic N) is 2. The van der Waals surface area contributed by atoms with E-state index in [2.05, 4.69) is 56.0 Å². The Morgan fingerprint density at radius 3 is 2.64 bits per heavy atom. The van der Waals surface area contributed by atoms with Crippen LogP contribution in [0.15, 0.2) is 45.7 Å². The molecule has 0 unspecified atom stereocenters. The van der Waals surface area contributed by atoms with Crippen LogP contribution >= 0.6 is 11.8 Å². The van der Waals surface area contributed by atoms with E-state index >= 15 is 0 Å². The summed E-state index contributed by atoms with van der Waals surface area (Å²) in [5.41, 5.74) is 5.06. The number of rotatable bonds is 4. The van der Waals surface area contributed by atoms with Crippen molar-refractivity contribution in [2.75, 3.05) is 18.0 Å². The highest BCUT2D eigenvalue weighted by atomic mass is 32.2. The van der Waals surface area contributed by atoms with E-state index in [0.717, 1.165) is 31.6 Å². The van der Waals surface area contributed by atoms with Crippen molar-refractivity contribution < 1.29 is 4.68 Å². The average Bonchev–Trinajstić information content (AvgIpc) is 2.56. The number of thioether (sulfide) groups is 1. The molecule has 0 saturated carbocycles. The smallest absolute Gasteiger partial charge is 0.249 e. The minimum absolute atomic E-state index is 0.961. The molecule has 0 spiro atoms. The van der Waals surface area contributed by atoms with Gasteiger partial charge < -0.3 is 4.90 Å². The van der Waals surface area contributed by atoms with Crippen molar-refractivity contribution in [3.63, 3.8) is 0 Å². The first kappa shape index (κ1) is 15.2. The molecule has 2 aliphatic rings. The molecule has 1 aromatic carbocycles. The molecule has 0 amide bonds. The Morgan fingerprint density at radius 1 is 1.18 bits per heavy atom. The van der Waals surface area contributed by atoms with Crippen LogP contribution in [-0.2, 0) is 0 Å². The summed E-state index contributed by atoms with van der Waals surface area (Å²) in [6.45, 7) is 8.63. The maximum Gasteiger partial charge on any atom is 0.249 e. The number of benzene rings is 1. The van der Waals surface area contributed by atoms with Crippen molar-refractivity contribution in [3.8, 4) is 0 Å². The van der Waals surface area contributed by atoms with E-state index in [4.69, 9.17) is 5.84 Å². The van der Waals surface area contributed by atoms with E-state index in [-0.39, 0.29) is 0 Å². The summed E-state index contributed by atoms with van der Waals surface area (Å²) in [4.78, 5) is 4.89. The quantitative estimate of drug-likeness (QED) is 0.667. The number of allylic oxidation sites excluding steroid dienone is 4. The topological polar surface area (TPSA) is 32.3 Å². The lowest BCUT2D eigenvalue weighted by Gasteiger charge is -2.24. The van der Waals surface area contributed by atoms with Gasteiger partial charge in [-0.05, 0) is 38.5 Å². The predicted molar refractivity (Wildman–Crippen MR) is 96.0 cm³/mol. The van der Waals surface area contributed by atoms with Crippen LogP contribution in [0.1, 0.15) is 33.6 Å². The van der Waals surface area contributed by atoms with Gasteiger partial charge in [0.25, 0.3) is 0 Å². The first-order chi connectivity index (χ1) is 10.7. The average molecular weight is 314 g/mol. The highest BCUT2D eigenvalue weighted by molar-refractivity contribution is 8.04. The van der Waals surface area contributed by atoms with E-state index in [0.29, 0.717) is 0 Å². The van der Waals surface area contributed by atoms with E-state index < -0.39 is 0 Å². The molecule has 0 saturated heterocycles. The normalized spacial score (nSPS) is 16.7. The second-order valence-electron chi connectivity index (χ2n) is 5.63. The van der Waals surface area contributed by atoms with Crippen molar-refractivity contribution in [2.45, 2.75) is 38.5 Å². The maximum absolute atomic E-state index is 6.41. The zero-order valence-electron chi connectivity index (χ0n) is 13.6. The van der Waals surface area contributed by atoms with Gasteiger partial charge in [-0.15, -0.1) is 0 Å². The predicted octanol–water partition coefficient (Wildman–Crippen LogP) is 4.22. The second kappa shape index (κ2) is 6.21. The van der Waals surface area contributed by atoms with Crippen LogP contribution < -0.4 is 10.7 Å². The summed E-state index contributed by atoms with van der Waals surface area (Å²) in [5, 5.41) is 0. The Labute approximate surface area is 137 Å². The van der Waals surface area contributed by atoms with Gasteiger partial charge in [-0.3, -0.25) is 0 Å². The minimum atomic E-state index is 0.961. The van der Waals surface area contributed by atoms with Crippen LogP contribution in [0, 0.1) is 0 Å². The molecule has 116 valence electrons. The van der Waals surface area contributed by atoms with Gasteiger partial charge in [0, 0.05) is 24.8 Å². The molecule has 1 aliphatic carbocycles. The number of hydrogen-bond donors (Lipinski definition) is 1. The third-order valence-electron chi connectivity index (χ3n) is 4.45. The summed E-state index contributed by atoms with van der Waals surface area (Å²) < 4.78 is 1.88. The standard InChI is InChI=1S/C18H24N3S/c1-4-13-7-10-17-16(11-13)21(19)15-9-8-14(12-18(15)22-17)20(5-2)6-3/h7-10,12H,4-6,11,19H2,1-3H3/q+1. The Kier molecular flexibility index (Phi) is 4.30. The molecule has 0 radical (unpaired) electrons. The molecule has 1 aliphatic heterocycles. The molecule has 3 nitrogen and oxygen atoms in total. The zero-order valence-corrected chi connectivity index (χ0v) is 14.4. The Bertz CT molecular complexity index is 682. The van der Waals surface area contributed by atoms with Crippen molar-refractivity contribution in [1.82, 2.24) is 0 Å². The largest absolute Gasteiger partial charge is 0.372 e. The van der Waals surface area contributed by atoms with Crippen molar-refractivity contribution in [1.29, 1.82) is 0 Å². The van der Waals surface area contributed by atoms with Gasteiger partial charge in [-0.2, -0.15) is 0 Å². The van der Waals surface area contributed by atoms with Crippen LogP contribution in [0.5, 0.6) is 0 Å². The summed E-state index contributed by atoms with van der Waals surface area (Å²) in [6.07, 6.45) is 6.51. The van der Waals surface area contributed by atoms with Gasteiger partial charge in [-0.25, -0.2) is 5.84 Å². The van der Waals surface area contributed by atoms with Crippen molar-refractivity contribution in [3.05, 3.63) is 40.8 Å². The van der Waals surface area contributed by atoms with Crippen LogP contribution in [-0.4, -0.2) is 23.5 Å². The molecule has 0 bridgehead atoms. The zero-order chi connectivity index (χ0) is 15.7. The van der Waals surface area contributed by atoms with E-state index in [1.54, 1.807) is 0 Å². The third kappa shape index (κ3) is 2.56. The van der Waals surface area contributed by atoms with Gasteiger partial charge in [0.05, 0.1) is 16.2 Å². The number of fused-ring (bicyclic) bond motifs is 2. The van der Waals surface area contributed by atoms with Gasteiger partial charge >= 0.3 is 0 Å². The van der Waals surface area contributed by atoms with Gasteiger partial charge in [-0.1, -0.05) is 35.0 Å². The van der Waals surface area contributed by atoms with Crippen LogP contribution in [0.2, 0.25) is 0 Å². The highest BCUT2D eigenvalue weighted by Crippen LogP contribution is 2.43. The number of anilines is 1. The minimum Gasteiger partial charge on any atom is -0.372 e. The van der Waals surface area contributed by atoms with Crippen LogP contribution in [0.25, 0.3) is 0 Å². The third-order valence-corrected chi connectivity index (χ3v) is 5.58. The van der Waals surface area contributed by atoms with E-state index in [9.17, 15) is 0 Å². The molecule has 4 heteroatoms. The SMILES string of the molecule is CCC1=CC=C2Sc3cc(N(CC)CC)ccc3[N+](N)=C2C1. The summed E-state index contributed by atoms with van der Waals surface area (Å²) in [5.74, 6) is 6.41.